The van der Waals surface area contributed by atoms with Gasteiger partial charge in [0.1, 0.15) is 5.75 Å². The molecule has 84 valence electrons. The van der Waals surface area contributed by atoms with Crippen molar-refractivity contribution in [2.45, 2.75) is 20.0 Å². The quantitative estimate of drug-likeness (QED) is 0.547. The van der Waals surface area contributed by atoms with Crippen LogP contribution in [0.3, 0.4) is 0 Å². The predicted molar refractivity (Wildman–Crippen MR) is 62.8 cm³/mol. The lowest BCUT2D eigenvalue weighted by Gasteiger charge is -2.13. The second-order valence-electron chi connectivity index (χ2n) is 3.64. The zero-order valence-electron chi connectivity index (χ0n) is 8.92. The molecule has 0 aliphatic carbocycles. The van der Waals surface area contributed by atoms with Crippen molar-refractivity contribution in [3.05, 3.63) is 23.3 Å². The molecule has 1 aromatic carbocycles. The lowest BCUT2D eigenvalue weighted by atomic mass is 10.1. The van der Waals surface area contributed by atoms with E-state index in [1.807, 2.05) is 19.9 Å². The normalized spacial score (nSPS) is 12.5. The first-order valence-electron chi connectivity index (χ1n) is 4.82. The molecular weight excluding hydrogens is 214 g/mol. The fraction of sp³-hybridized carbons (Fsp3) is 0.455. The van der Waals surface area contributed by atoms with E-state index in [9.17, 15) is 10.2 Å². The Bertz CT molecular complexity index is 342. The van der Waals surface area contributed by atoms with Gasteiger partial charge in [-0.3, -0.25) is 0 Å². The summed E-state index contributed by atoms with van der Waals surface area (Å²) in [4.78, 5) is 0. The number of aryl methyl sites for hydroxylation is 2. The molecule has 1 unspecified atom stereocenters. The van der Waals surface area contributed by atoms with Gasteiger partial charge in [-0.2, -0.15) is 0 Å². The van der Waals surface area contributed by atoms with Crippen LogP contribution in [0.25, 0.3) is 0 Å². The van der Waals surface area contributed by atoms with Gasteiger partial charge < -0.3 is 15.5 Å². The van der Waals surface area contributed by atoms with Crippen molar-refractivity contribution >= 4 is 17.3 Å². The second kappa shape index (κ2) is 5.24. The van der Waals surface area contributed by atoms with Crippen LogP contribution in [-0.2, 0) is 0 Å². The van der Waals surface area contributed by atoms with Gasteiger partial charge in [-0.05, 0) is 37.1 Å². The van der Waals surface area contributed by atoms with Gasteiger partial charge in [0.15, 0.2) is 0 Å². The van der Waals surface area contributed by atoms with E-state index in [2.05, 4.69) is 5.32 Å². The lowest BCUT2D eigenvalue weighted by molar-refractivity contribution is 0.211. The monoisotopic (exact) mass is 229 g/mol. The van der Waals surface area contributed by atoms with Crippen molar-refractivity contribution in [3.8, 4) is 5.75 Å². The number of benzene rings is 1. The summed E-state index contributed by atoms with van der Waals surface area (Å²) in [6.07, 6.45) is -0.604. The standard InChI is InChI=1S/C11H16ClNO2/c1-7-3-10(11(15)4-8(7)2)13-6-9(14)5-12/h3-4,9,13-15H,5-6H2,1-2H3. The van der Waals surface area contributed by atoms with Crippen LogP contribution < -0.4 is 5.32 Å². The highest BCUT2D eigenvalue weighted by Gasteiger charge is 2.06. The maximum Gasteiger partial charge on any atom is 0.138 e. The maximum atomic E-state index is 9.62. The minimum absolute atomic E-state index is 0.179. The molecule has 1 atom stereocenters. The molecule has 0 heterocycles. The van der Waals surface area contributed by atoms with E-state index >= 15 is 0 Å². The number of aromatic hydroxyl groups is 1. The Balaban J connectivity index is 2.73. The summed E-state index contributed by atoms with van der Waals surface area (Å²) in [5, 5.41) is 21.8. The van der Waals surface area contributed by atoms with E-state index in [4.69, 9.17) is 11.6 Å². The third kappa shape index (κ3) is 3.29. The minimum atomic E-state index is -0.604. The molecule has 0 aliphatic rings. The summed E-state index contributed by atoms with van der Waals surface area (Å²) in [6, 6.07) is 3.55. The van der Waals surface area contributed by atoms with E-state index < -0.39 is 6.10 Å². The number of rotatable bonds is 4. The van der Waals surface area contributed by atoms with Crippen molar-refractivity contribution in [2.75, 3.05) is 17.7 Å². The number of aliphatic hydroxyl groups is 1. The Morgan fingerprint density at radius 2 is 1.93 bits per heavy atom. The number of hydrogen-bond acceptors (Lipinski definition) is 3. The van der Waals surface area contributed by atoms with Gasteiger partial charge in [0, 0.05) is 6.54 Å². The van der Waals surface area contributed by atoms with Crippen LogP contribution in [0, 0.1) is 13.8 Å². The van der Waals surface area contributed by atoms with Crippen molar-refractivity contribution in [1.82, 2.24) is 0 Å². The van der Waals surface area contributed by atoms with Gasteiger partial charge in [0.05, 0.1) is 17.7 Å². The molecule has 0 fully saturated rings. The third-order valence-corrected chi connectivity index (χ3v) is 2.67. The van der Waals surface area contributed by atoms with Gasteiger partial charge in [-0.25, -0.2) is 0 Å². The van der Waals surface area contributed by atoms with Gasteiger partial charge in [-0.1, -0.05) is 0 Å². The second-order valence-corrected chi connectivity index (χ2v) is 3.95. The summed E-state index contributed by atoms with van der Waals surface area (Å²) in [7, 11) is 0. The molecule has 3 nitrogen and oxygen atoms in total. The average molecular weight is 230 g/mol. The molecular formula is C11H16ClNO2. The highest BCUT2D eigenvalue weighted by molar-refractivity contribution is 6.18. The highest BCUT2D eigenvalue weighted by atomic mass is 35.5. The molecule has 1 aromatic rings. The van der Waals surface area contributed by atoms with Gasteiger partial charge in [0.25, 0.3) is 0 Å². The molecule has 15 heavy (non-hydrogen) atoms. The largest absolute Gasteiger partial charge is 0.506 e. The first-order valence-corrected chi connectivity index (χ1v) is 5.36. The van der Waals surface area contributed by atoms with Crippen LogP contribution in [0.4, 0.5) is 5.69 Å². The molecule has 4 heteroatoms. The Kier molecular flexibility index (Phi) is 4.24. The number of hydrogen-bond donors (Lipinski definition) is 3. The summed E-state index contributed by atoms with van der Waals surface area (Å²) in [5.74, 6) is 0.373. The maximum absolute atomic E-state index is 9.62. The highest BCUT2D eigenvalue weighted by Crippen LogP contribution is 2.26. The third-order valence-electron chi connectivity index (χ3n) is 2.32. The number of phenolic OH excluding ortho intramolecular Hbond substituents is 1. The Morgan fingerprint density at radius 3 is 2.53 bits per heavy atom. The summed E-state index contributed by atoms with van der Waals surface area (Å²) >= 11 is 5.46. The number of halogens is 1. The van der Waals surface area contributed by atoms with E-state index in [0.29, 0.717) is 12.2 Å². The molecule has 0 aromatic heterocycles. The van der Waals surface area contributed by atoms with Crippen LogP contribution in [0.2, 0.25) is 0 Å². The summed E-state index contributed by atoms with van der Waals surface area (Å²) in [5.41, 5.74) is 2.76. The van der Waals surface area contributed by atoms with Crippen LogP contribution in [0.1, 0.15) is 11.1 Å². The van der Waals surface area contributed by atoms with Crippen molar-refractivity contribution in [1.29, 1.82) is 0 Å². The number of anilines is 1. The molecule has 0 bridgehead atoms. The number of phenols is 1. The molecule has 0 amide bonds. The zero-order valence-corrected chi connectivity index (χ0v) is 9.67. The van der Waals surface area contributed by atoms with Gasteiger partial charge in [0.2, 0.25) is 0 Å². The number of aliphatic hydroxyl groups excluding tert-OH is 1. The summed E-state index contributed by atoms with van der Waals surface area (Å²) in [6.45, 7) is 4.24. The zero-order chi connectivity index (χ0) is 11.4. The van der Waals surface area contributed by atoms with Crippen LogP contribution >= 0.6 is 11.6 Å². The van der Waals surface area contributed by atoms with Crippen molar-refractivity contribution in [3.63, 3.8) is 0 Å². The van der Waals surface area contributed by atoms with Crippen molar-refractivity contribution in [2.24, 2.45) is 0 Å². The molecule has 0 spiro atoms. The molecule has 0 radical (unpaired) electrons. The smallest absolute Gasteiger partial charge is 0.138 e. The Morgan fingerprint density at radius 1 is 1.33 bits per heavy atom. The van der Waals surface area contributed by atoms with E-state index in [1.54, 1.807) is 6.07 Å². The first-order chi connectivity index (χ1) is 7.04. The Hall–Kier alpha value is -0.930. The lowest BCUT2D eigenvalue weighted by Crippen LogP contribution is -2.20. The van der Waals surface area contributed by atoms with Crippen molar-refractivity contribution < 1.29 is 10.2 Å². The molecule has 0 saturated carbocycles. The SMILES string of the molecule is Cc1cc(O)c(NCC(O)CCl)cc1C. The molecule has 0 aliphatic heterocycles. The fourth-order valence-electron chi connectivity index (χ4n) is 1.22. The number of nitrogens with one attached hydrogen (secondary N) is 1. The average Bonchev–Trinajstić information content (AvgIpc) is 2.21. The van der Waals surface area contributed by atoms with Crippen LogP contribution in [0.5, 0.6) is 5.75 Å². The van der Waals surface area contributed by atoms with Crippen LogP contribution in [-0.4, -0.2) is 28.7 Å². The predicted octanol–water partition coefficient (Wildman–Crippen LogP) is 2.02. The van der Waals surface area contributed by atoms with E-state index in [1.165, 1.54) is 0 Å². The minimum Gasteiger partial charge on any atom is -0.506 e. The van der Waals surface area contributed by atoms with Gasteiger partial charge >= 0.3 is 0 Å². The first kappa shape index (κ1) is 12.1. The molecule has 1 rings (SSSR count). The van der Waals surface area contributed by atoms with E-state index in [-0.39, 0.29) is 11.6 Å². The summed E-state index contributed by atoms with van der Waals surface area (Å²) < 4.78 is 0. The Labute approximate surface area is 94.7 Å². The number of alkyl halides is 1. The fourth-order valence-corrected chi connectivity index (χ4v) is 1.33. The molecule has 3 N–H and O–H groups in total. The molecule has 0 saturated heterocycles. The van der Waals surface area contributed by atoms with Gasteiger partial charge in [-0.15, -0.1) is 11.6 Å². The van der Waals surface area contributed by atoms with E-state index in [0.717, 1.165) is 11.1 Å². The topological polar surface area (TPSA) is 52.5 Å². The van der Waals surface area contributed by atoms with Crippen LogP contribution in [0.15, 0.2) is 12.1 Å².